The van der Waals surface area contributed by atoms with E-state index in [9.17, 15) is 0 Å². The molecule has 0 unspecified atom stereocenters. The van der Waals surface area contributed by atoms with Crippen molar-refractivity contribution in [1.82, 2.24) is 15.6 Å². The van der Waals surface area contributed by atoms with Crippen molar-refractivity contribution in [3.8, 4) is 0 Å². The monoisotopic (exact) mass is 245 g/mol. The van der Waals surface area contributed by atoms with Gasteiger partial charge in [0.25, 0.3) is 0 Å². The number of thiazole rings is 1. The Morgan fingerprint density at radius 3 is 3.20 bits per heavy atom. The molecule has 1 atom stereocenters. The van der Waals surface area contributed by atoms with Gasteiger partial charge in [-0.3, -0.25) is 0 Å². The third-order valence-corrected chi connectivity index (χ3v) is 3.74. The summed E-state index contributed by atoms with van der Waals surface area (Å²) in [6.07, 6.45) is 5.80. The number of nitrogens with zero attached hydrogens (tertiary/aromatic N) is 1. The van der Waals surface area contributed by atoms with Crippen LogP contribution in [0.1, 0.15) is 24.1 Å². The molecule has 1 aliphatic rings. The molecule has 2 rings (SSSR count). The SMILES string of the molecule is Clc1ncc(CNC[C@H]2CCCCN2)s1. The van der Waals surface area contributed by atoms with E-state index in [4.69, 9.17) is 11.6 Å². The summed E-state index contributed by atoms with van der Waals surface area (Å²) < 4.78 is 0.627. The Hall–Kier alpha value is -0.160. The molecular weight excluding hydrogens is 230 g/mol. The molecule has 0 aliphatic carbocycles. The van der Waals surface area contributed by atoms with E-state index in [1.54, 1.807) is 11.3 Å². The van der Waals surface area contributed by atoms with Crippen molar-refractivity contribution in [3.05, 3.63) is 15.5 Å². The van der Waals surface area contributed by atoms with Gasteiger partial charge in [-0.15, -0.1) is 11.3 Å². The highest BCUT2D eigenvalue weighted by atomic mass is 35.5. The standard InChI is InChI=1S/C10H16ClN3S/c11-10-14-7-9(15-10)6-12-5-8-3-1-2-4-13-8/h7-8,12-13H,1-6H2/t8-/m1/s1. The molecule has 0 radical (unpaired) electrons. The molecule has 3 nitrogen and oxygen atoms in total. The number of piperidine rings is 1. The van der Waals surface area contributed by atoms with Crippen LogP contribution in [0.5, 0.6) is 0 Å². The molecular formula is C10H16ClN3S. The van der Waals surface area contributed by atoms with Crippen LogP contribution in [-0.2, 0) is 6.54 Å². The molecule has 15 heavy (non-hydrogen) atoms. The number of halogens is 1. The molecule has 0 saturated carbocycles. The highest BCUT2D eigenvalue weighted by Crippen LogP contribution is 2.17. The van der Waals surface area contributed by atoms with Crippen LogP contribution >= 0.6 is 22.9 Å². The minimum atomic E-state index is 0.627. The molecule has 0 amide bonds. The maximum Gasteiger partial charge on any atom is 0.183 e. The first-order chi connectivity index (χ1) is 7.34. The van der Waals surface area contributed by atoms with Gasteiger partial charge in [-0.2, -0.15) is 0 Å². The van der Waals surface area contributed by atoms with E-state index < -0.39 is 0 Å². The summed E-state index contributed by atoms with van der Waals surface area (Å²) in [4.78, 5) is 5.21. The first-order valence-corrected chi connectivity index (χ1v) is 6.58. The Labute approximate surface area is 99.2 Å². The van der Waals surface area contributed by atoms with Crippen LogP contribution in [0.2, 0.25) is 4.47 Å². The van der Waals surface area contributed by atoms with Gasteiger partial charge in [-0.05, 0) is 19.4 Å². The van der Waals surface area contributed by atoms with E-state index in [1.165, 1.54) is 30.7 Å². The van der Waals surface area contributed by atoms with E-state index in [0.717, 1.165) is 13.1 Å². The van der Waals surface area contributed by atoms with Gasteiger partial charge < -0.3 is 10.6 Å². The van der Waals surface area contributed by atoms with Gasteiger partial charge in [0.2, 0.25) is 0 Å². The van der Waals surface area contributed by atoms with Crippen LogP contribution in [0.15, 0.2) is 6.20 Å². The number of hydrogen-bond donors (Lipinski definition) is 2. The number of hydrogen-bond acceptors (Lipinski definition) is 4. The average Bonchev–Trinajstić information content (AvgIpc) is 2.66. The van der Waals surface area contributed by atoms with E-state index >= 15 is 0 Å². The lowest BCUT2D eigenvalue weighted by atomic mass is 10.1. The fourth-order valence-electron chi connectivity index (χ4n) is 1.83. The van der Waals surface area contributed by atoms with Gasteiger partial charge in [0.1, 0.15) is 0 Å². The Balaban J connectivity index is 1.65. The predicted molar refractivity (Wildman–Crippen MR) is 64.5 cm³/mol. The van der Waals surface area contributed by atoms with Crippen LogP contribution in [0.4, 0.5) is 0 Å². The molecule has 0 spiro atoms. The fraction of sp³-hybridized carbons (Fsp3) is 0.700. The summed E-state index contributed by atoms with van der Waals surface area (Å²) in [5, 5.41) is 6.94. The van der Waals surface area contributed by atoms with Crippen LogP contribution < -0.4 is 10.6 Å². The van der Waals surface area contributed by atoms with Crippen molar-refractivity contribution in [2.75, 3.05) is 13.1 Å². The Morgan fingerprint density at radius 1 is 1.60 bits per heavy atom. The molecule has 1 saturated heterocycles. The normalized spacial score (nSPS) is 21.8. The molecule has 1 aromatic heterocycles. The van der Waals surface area contributed by atoms with E-state index in [2.05, 4.69) is 15.6 Å². The second-order valence-electron chi connectivity index (χ2n) is 3.86. The van der Waals surface area contributed by atoms with Crippen molar-refractivity contribution in [2.24, 2.45) is 0 Å². The zero-order valence-electron chi connectivity index (χ0n) is 8.63. The summed E-state index contributed by atoms with van der Waals surface area (Å²) >= 11 is 7.30. The van der Waals surface area contributed by atoms with Crippen LogP contribution in [0.3, 0.4) is 0 Å². The van der Waals surface area contributed by atoms with Gasteiger partial charge in [-0.25, -0.2) is 4.98 Å². The Bertz CT molecular complexity index is 297. The second kappa shape index (κ2) is 5.80. The second-order valence-corrected chi connectivity index (χ2v) is 5.55. The van der Waals surface area contributed by atoms with Crippen molar-refractivity contribution in [3.63, 3.8) is 0 Å². The average molecular weight is 246 g/mol. The van der Waals surface area contributed by atoms with Gasteiger partial charge in [-0.1, -0.05) is 18.0 Å². The van der Waals surface area contributed by atoms with Gasteiger partial charge in [0.05, 0.1) is 0 Å². The Morgan fingerprint density at radius 2 is 2.53 bits per heavy atom. The highest BCUT2D eigenvalue weighted by molar-refractivity contribution is 7.15. The molecule has 2 heterocycles. The summed E-state index contributed by atoms with van der Waals surface area (Å²) in [7, 11) is 0. The fourth-order valence-corrected chi connectivity index (χ4v) is 2.78. The minimum Gasteiger partial charge on any atom is -0.313 e. The topological polar surface area (TPSA) is 37.0 Å². The molecule has 84 valence electrons. The summed E-state index contributed by atoms with van der Waals surface area (Å²) in [5.41, 5.74) is 0. The molecule has 1 aromatic rings. The minimum absolute atomic E-state index is 0.627. The summed E-state index contributed by atoms with van der Waals surface area (Å²) in [6.45, 7) is 3.08. The van der Waals surface area contributed by atoms with Crippen LogP contribution in [-0.4, -0.2) is 24.1 Å². The number of rotatable bonds is 4. The third-order valence-electron chi connectivity index (χ3n) is 2.63. The molecule has 2 N–H and O–H groups in total. The lowest BCUT2D eigenvalue weighted by Gasteiger charge is -2.23. The molecule has 0 aromatic carbocycles. The van der Waals surface area contributed by atoms with E-state index in [-0.39, 0.29) is 0 Å². The maximum absolute atomic E-state index is 5.76. The lowest BCUT2D eigenvalue weighted by Crippen LogP contribution is -2.41. The zero-order valence-corrected chi connectivity index (χ0v) is 10.2. The van der Waals surface area contributed by atoms with E-state index in [1.807, 2.05) is 6.20 Å². The van der Waals surface area contributed by atoms with Crippen LogP contribution in [0.25, 0.3) is 0 Å². The smallest absolute Gasteiger partial charge is 0.183 e. The largest absolute Gasteiger partial charge is 0.313 e. The van der Waals surface area contributed by atoms with Gasteiger partial charge in [0, 0.05) is 30.2 Å². The maximum atomic E-state index is 5.76. The Kier molecular flexibility index (Phi) is 4.38. The molecule has 1 aliphatic heterocycles. The van der Waals surface area contributed by atoms with Gasteiger partial charge in [0.15, 0.2) is 4.47 Å². The zero-order chi connectivity index (χ0) is 10.5. The summed E-state index contributed by atoms with van der Waals surface area (Å²) in [5.74, 6) is 0. The number of nitrogens with one attached hydrogen (secondary N) is 2. The predicted octanol–water partition coefficient (Wildman–Crippen LogP) is 2.03. The summed E-state index contributed by atoms with van der Waals surface area (Å²) in [6, 6.07) is 0.641. The third kappa shape index (κ3) is 3.72. The first-order valence-electron chi connectivity index (χ1n) is 5.39. The van der Waals surface area contributed by atoms with Gasteiger partial charge >= 0.3 is 0 Å². The first kappa shape index (κ1) is 11.3. The quantitative estimate of drug-likeness (QED) is 0.853. The molecule has 1 fully saturated rings. The van der Waals surface area contributed by atoms with E-state index in [0.29, 0.717) is 10.5 Å². The van der Waals surface area contributed by atoms with Crippen molar-refractivity contribution >= 4 is 22.9 Å². The lowest BCUT2D eigenvalue weighted by molar-refractivity contribution is 0.383. The molecule has 5 heteroatoms. The van der Waals surface area contributed by atoms with Crippen LogP contribution in [0, 0.1) is 0 Å². The van der Waals surface area contributed by atoms with Crippen molar-refractivity contribution in [2.45, 2.75) is 31.8 Å². The van der Waals surface area contributed by atoms with Crippen molar-refractivity contribution < 1.29 is 0 Å². The molecule has 0 bridgehead atoms. The van der Waals surface area contributed by atoms with Crippen molar-refractivity contribution in [1.29, 1.82) is 0 Å². The number of aromatic nitrogens is 1. The highest BCUT2D eigenvalue weighted by Gasteiger charge is 2.11.